The van der Waals surface area contributed by atoms with Crippen LogP contribution in [-0.4, -0.2) is 15.9 Å². The van der Waals surface area contributed by atoms with Crippen molar-refractivity contribution in [3.05, 3.63) is 46.1 Å². The second-order valence-corrected chi connectivity index (χ2v) is 7.30. The van der Waals surface area contributed by atoms with Crippen LogP contribution >= 0.6 is 11.3 Å². The number of carbonyl (C=O) groups excluding carboxylic acids is 1. The average molecular weight is 325 g/mol. The summed E-state index contributed by atoms with van der Waals surface area (Å²) in [5.41, 5.74) is 5.47. The third-order valence-corrected chi connectivity index (χ3v) is 5.41. The zero-order chi connectivity index (χ0) is 16.0. The van der Waals surface area contributed by atoms with Crippen LogP contribution in [0.5, 0.6) is 0 Å². The zero-order valence-electron chi connectivity index (χ0n) is 13.3. The molecule has 2 heterocycles. The Kier molecular flexibility index (Phi) is 3.45. The molecule has 1 aliphatic rings. The largest absolute Gasteiger partial charge is 0.358 e. The molecule has 0 radical (unpaired) electrons. The van der Waals surface area contributed by atoms with Gasteiger partial charge < -0.3 is 4.98 Å². The van der Waals surface area contributed by atoms with Gasteiger partial charge in [0.25, 0.3) is 5.91 Å². The highest BCUT2D eigenvalue weighted by molar-refractivity contribution is 7.13. The van der Waals surface area contributed by atoms with E-state index in [2.05, 4.69) is 22.2 Å². The normalized spacial score (nSPS) is 17.2. The molecule has 0 fully saturated rings. The van der Waals surface area contributed by atoms with Crippen molar-refractivity contribution in [1.29, 1.82) is 0 Å². The summed E-state index contributed by atoms with van der Waals surface area (Å²) in [7, 11) is 0. The van der Waals surface area contributed by atoms with Crippen LogP contribution in [0, 0.1) is 12.8 Å². The number of nitrogens with zero attached hydrogens (tertiary/aromatic N) is 1. The molecule has 0 saturated carbocycles. The predicted molar refractivity (Wildman–Crippen MR) is 94.3 cm³/mol. The van der Waals surface area contributed by atoms with Crippen molar-refractivity contribution >= 4 is 33.3 Å². The molecular formula is C18H19N3OS. The molecule has 0 aliphatic heterocycles. The number of anilines is 1. The minimum atomic E-state index is -0.0972. The molecule has 1 atom stereocenters. The summed E-state index contributed by atoms with van der Waals surface area (Å²) >= 11 is 1.45. The number of amides is 1. The van der Waals surface area contributed by atoms with Crippen LogP contribution in [0.2, 0.25) is 0 Å². The first-order chi connectivity index (χ1) is 11.1. The third-order valence-electron chi connectivity index (χ3n) is 4.54. The molecule has 23 heavy (non-hydrogen) atoms. The second kappa shape index (κ2) is 5.49. The second-order valence-electron chi connectivity index (χ2n) is 6.44. The van der Waals surface area contributed by atoms with Gasteiger partial charge in [-0.05, 0) is 55.9 Å². The number of benzene rings is 1. The van der Waals surface area contributed by atoms with Crippen molar-refractivity contribution in [2.24, 2.45) is 5.92 Å². The Morgan fingerprint density at radius 3 is 3.09 bits per heavy atom. The number of nitrogens with one attached hydrogen (secondary N) is 2. The van der Waals surface area contributed by atoms with Gasteiger partial charge >= 0.3 is 0 Å². The van der Waals surface area contributed by atoms with E-state index in [4.69, 9.17) is 0 Å². The van der Waals surface area contributed by atoms with E-state index in [9.17, 15) is 4.79 Å². The van der Waals surface area contributed by atoms with E-state index in [1.165, 1.54) is 34.4 Å². The van der Waals surface area contributed by atoms with Crippen molar-refractivity contribution < 1.29 is 4.79 Å². The number of rotatable bonds is 2. The van der Waals surface area contributed by atoms with Gasteiger partial charge in [-0.25, -0.2) is 4.98 Å². The Morgan fingerprint density at radius 1 is 1.43 bits per heavy atom. The summed E-state index contributed by atoms with van der Waals surface area (Å²) < 4.78 is 0. The monoisotopic (exact) mass is 325 g/mol. The molecule has 2 aromatic heterocycles. The summed E-state index contributed by atoms with van der Waals surface area (Å²) in [4.78, 5) is 20.3. The molecule has 1 amide bonds. The van der Waals surface area contributed by atoms with Gasteiger partial charge in [-0.3, -0.25) is 10.1 Å². The summed E-state index contributed by atoms with van der Waals surface area (Å²) in [5.74, 6) is 0.609. The van der Waals surface area contributed by atoms with Crippen LogP contribution in [0.4, 0.5) is 5.13 Å². The standard InChI is InChI=1S/C18H19N3OS/c1-10-3-5-15-13(7-10)14-8-12(4-6-16(14)20-15)17(22)21-18-19-11(2)9-23-18/h4,6,8-10,20H,3,5,7H2,1-2H3,(H,19,21,22)/t10-/m0/s1. The lowest BCUT2D eigenvalue weighted by Crippen LogP contribution is -2.12. The van der Waals surface area contributed by atoms with Crippen molar-refractivity contribution in [2.75, 3.05) is 5.32 Å². The predicted octanol–water partition coefficient (Wildman–Crippen LogP) is 4.31. The molecule has 1 aliphatic carbocycles. The third kappa shape index (κ3) is 2.65. The number of thiazole rings is 1. The molecule has 1 aromatic carbocycles. The molecule has 118 valence electrons. The van der Waals surface area contributed by atoms with Gasteiger partial charge in [0.05, 0.1) is 5.69 Å². The number of aromatic nitrogens is 2. The number of carbonyl (C=O) groups is 1. The number of H-pyrrole nitrogens is 1. The van der Waals surface area contributed by atoms with Gasteiger partial charge in [-0.1, -0.05) is 6.92 Å². The number of aromatic amines is 1. The van der Waals surface area contributed by atoms with Gasteiger partial charge in [-0.2, -0.15) is 0 Å². The quantitative estimate of drug-likeness (QED) is 0.737. The highest BCUT2D eigenvalue weighted by Crippen LogP contribution is 2.32. The van der Waals surface area contributed by atoms with Gasteiger partial charge in [0.15, 0.2) is 5.13 Å². The van der Waals surface area contributed by atoms with Gasteiger partial charge in [0.1, 0.15) is 0 Å². The van der Waals surface area contributed by atoms with Crippen LogP contribution in [-0.2, 0) is 12.8 Å². The average Bonchev–Trinajstić information content (AvgIpc) is 3.10. The number of hydrogen-bond donors (Lipinski definition) is 2. The Hall–Kier alpha value is -2.14. The molecule has 0 spiro atoms. The van der Waals surface area contributed by atoms with Crippen LogP contribution < -0.4 is 5.32 Å². The molecule has 0 bridgehead atoms. The number of hydrogen-bond acceptors (Lipinski definition) is 3. The fourth-order valence-electron chi connectivity index (χ4n) is 3.31. The van der Waals surface area contributed by atoms with E-state index < -0.39 is 0 Å². The van der Waals surface area contributed by atoms with Crippen LogP contribution in [0.3, 0.4) is 0 Å². The maximum absolute atomic E-state index is 12.5. The lowest BCUT2D eigenvalue weighted by atomic mass is 9.87. The lowest BCUT2D eigenvalue weighted by Gasteiger charge is -2.18. The molecule has 0 saturated heterocycles. The number of aryl methyl sites for hydroxylation is 2. The first-order valence-electron chi connectivity index (χ1n) is 7.97. The fraction of sp³-hybridized carbons (Fsp3) is 0.333. The van der Waals surface area contributed by atoms with Crippen molar-refractivity contribution in [3.8, 4) is 0 Å². The SMILES string of the molecule is Cc1csc(NC(=O)c2ccc3[nH]c4c(c3c2)C[C@@H](C)CC4)n1. The van der Waals surface area contributed by atoms with Crippen LogP contribution in [0.15, 0.2) is 23.6 Å². The van der Waals surface area contributed by atoms with Crippen molar-refractivity contribution in [1.82, 2.24) is 9.97 Å². The minimum absolute atomic E-state index is 0.0972. The van der Waals surface area contributed by atoms with E-state index in [1.54, 1.807) is 0 Å². The van der Waals surface area contributed by atoms with Crippen LogP contribution in [0.25, 0.3) is 10.9 Å². The fourth-order valence-corrected chi connectivity index (χ4v) is 4.00. The number of fused-ring (bicyclic) bond motifs is 3. The first-order valence-corrected chi connectivity index (χ1v) is 8.85. The Labute approximate surface area is 138 Å². The van der Waals surface area contributed by atoms with Crippen molar-refractivity contribution in [3.63, 3.8) is 0 Å². The van der Waals surface area contributed by atoms with Gasteiger partial charge in [-0.15, -0.1) is 11.3 Å². The van der Waals surface area contributed by atoms with E-state index in [0.717, 1.165) is 24.1 Å². The molecule has 5 heteroatoms. The van der Waals surface area contributed by atoms with E-state index >= 15 is 0 Å². The van der Waals surface area contributed by atoms with Crippen LogP contribution in [0.1, 0.15) is 40.7 Å². The summed E-state index contributed by atoms with van der Waals surface area (Å²) in [5, 5.41) is 6.66. The highest BCUT2D eigenvalue weighted by atomic mass is 32.1. The van der Waals surface area contributed by atoms with E-state index in [0.29, 0.717) is 16.6 Å². The van der Waals surface area contributed by atoms with Crippen molar-refractivity contribution in [2.45, 2.75) is 33.1 Å². The zero-order valence-corrected chi connectivity index (χ0v) is 14.1. The van der Waals surface area contributed by atoms with Gasteiger partial charge in [0.2, 0.25) is 0 Å². The Bertz CT molecular complexity index is 893. The van der Waals surface area contributed by atoms with Gasteiger partial charge in [0, 0.05) is 27.5 Å². The molecule has 4 rings (SSSR count). The molecule has 2 N–H and O–H groups in total. The molecule has 0 unspecified atom stereocenters. The maximum Gasteiger partial charge on any atom is 0.257 e. The van der Waals surface area contributed by atoms with E-state index in [1.807, 2.05) is 30.5 Å². The summed E-state index contributed by atoms with van der Waals surface area (Å²) in [6.45, 7) is 4.22. The molecule has 3 aromatic rings. The molecular weight excluding hydrogens is 306 g/mol. The summed E-state index contributed by atoms with van der Waals surface area (Å²) in [6.07, 6.45) is 3.42. The first kappa shape index (κ1) is 14.5. The molecule has 4 nitrogen and oxygen atoms in total. The Balaban J connectivity index is 1.68. The smallest absolute Gasteiger partial charge is 0.257 e. The Morgan fingerprint density at radius 2 is 2.30 bits per heavy atom. The van der Waals surface area contributed by atoms with E-state index in [-0.39, 0.29) is 5.91 Å². The maximum atomic E-state index is 12.5. The topological polar surface area (TPSA) is 57.8 Å². The lowest BCUT2D eigenvalue weighted by molar-refractivity contribution is 0.102. The highest BCUT2D eigenvalue weighted by Gasteiger charge is 2.20. The summed E-state index contributed by atoms with van der Waals surface area (Å²) in [6, 6.07) is 5.91. The minimum Gasteiger partial charge on any atom is -0.358 e.